The van der Waals surface area contributed by atoms with E-state index in [4.69, 9.17) is 4.42 Å². The van der Waals surface area contributed by atoms with E-state index in [1.807, 2.05) is 0 Å². The monoisotopic (exact) mass is 340 g/mol. The lowest BCUT2D eigenvalue weighted by Crippen LogP contribution is -2.42. The first-order valence-corrected chi connectivity index (χ1v) is 8.17. The van der Waals surface area contributed by atoms with E-state index in [-0.39, 0.29) is 13.0 Å². The lowest BCUT2D eigenvalue weighted by molar-refractivity contribution is -0.387. The highest BCUT2D eigenvalue weighted by Crippen LogP contribution is 2.23. The summed E-state index contributed by atoms with van der Waals surface area (Å²) in [5.41, 5.74) is -1.93. The number of aliphatic hydroxyl groups is 1. The summed E-state index contributed by atoms with van der Waals surface area (Å²) < 4.78 is 31.8. The molecule has 0 aliphatic carbocycles. The Labute approximate surface area is 133 Å². The molecule has 1 atom stereocenters. The number of furan rings is 1. The molecule has 23 heavy (non-hydrogen) atoms. The van der Waals surface area contributed by atoms with E-state index >= 15 is 0 Å². The zero-order valence-corrected chi connectivity index (χ0v) is 13.1. The van der Waals surface area contributed by atoms with Gasteiger partial charge in [0.05, 0.1) is 16.8 Å². The Bertz CT molecular complexity index is 783. The third-order valence-electron chi connectivity index (χ3n) is 3.13. The zero-order chi connectivity index (χ0) is 17.1. The smallest absolute Gasteiger partial charge is 0.289 e. The van der Waals surface area contributed by atoms with Crippen molar-refractivity contribution in [1.82, 2.24) is 4.72 Å². The van der Waals surface area contributed by atoms with Crippen LogP contribution in [0, 0.1) is 10.1 Å². The average Bonchev–Trinajstić information content (AvgIpc) is 2.97. The Morgan fingerprint density at radius 2 is 2.00 bits per heavy atom. The van der Waals surface area contributed by atoms with Crippen LogP contribution < -0.4 is 4.72 Å². The maximum Gasteiger partial charge on any atom is 0.289 e. The van der Waals surface area contributed by atoms with Crippen molar-refractivity contribution in [2.24, 2.45) is 0 Å². The Balaban J connectivity index is 2.14. The third-order valence-corrected chi connectivity index (χ3v) is 4.58. The minimum absolute atomic E-state index is 0.0966. The minimum atomic E-state index is -4.13. The van der Waals surface area contributed by atoms with Crippen molar-refractivity contribution >= 4 is 15.7 Å². The fraction of sp³-hybridized carbons (Fsp3) is 0.286. The number of rotatable bonds is 7. The van der Waals surface area contributed by atoms with Gasteiger partial charge in [-0.2, -0.15) is 0 Å². The summed E-state index contributed by atoms with van der Waals surface area (Å²) in [7, 11) is -4.13. The molecule has 1 unspecified atom stereocenters. The van der Waals surface area contributed by atoms with Crippen molar-refractivity contribution in [2.45, 2.75) is 23.8 Å². The van der Waals surface area contributed by atoms with E-state index in [0.717, 1.165) is 12.1 Å². The second-order valence-corrected chi connectivity index (χ2v) is 7.04. The summed E-state index contributed by atoms with van der Waals surface area (Å²) in [5, 5.41) is 21.2. The largest absolute Gasteiger partial charge is 0.469 e. The topological polar surface area (TPSA) is 123 Å². The van der Waals surface area contributed by atoms with Crippen LogP contribution in [-0.2, 0) is 16.4 Å². The molecule has 2 N–H and O–H groups in total. The number of nitro groups is 1. The van der Waals surface area contributed by atoms with E-state index in [1.165, 1.54) is 25.3 Å². The van der Waals surface area contributed by atoms with Crippen molar-refractivity contribution in [2.75, 3.05) is 6.54 Å². The second kappa shape index (κ2) is 6.49. The van der Waals surface area contributed by atoms with E-state index < -0.39 is 31.1 Å². The van der Waals surface area contributed by atoms with E-state index in [9.17, 15) is 23.6 Å². The van der Waals surface area contributed by atoms with Gasteiger partial charge in [0.2, 0.25) is 10.0 Å². The van der Waals surface area contributed by atoms with Gasteiger partial charge < -0.3 is 9.52 Å². The number of nitro benzene ring substituents is 1. The van der Waals surface area contributed by atoms with Crippen LogP contribution in [0.3, 0.4) is 0 Å². The lowest BCUT2D eigenvalue weighted by atomic mass is 10.0. The number of hydrogen-bond acceptors (Lipinski definition) is 6. The second-order valence-electron chi connectivity index (χ2n) is 5.30. The van der Waals surface area contributed by atoms with Crippen LogP contribution in [0.1, 0.15) is 12.7 Å². The van der Waals surface area contributed by atoms with Crippen molar-refractivity contribution < 1.29 is 22.9 Å². The van der Waals surface area contributed by atoms with Gasteiger partial charge in [0.1, 0.15) is 5.76 Å². The van der Waals surface area contributed by atoms with Gasteiger partial charge in [-0.05, 0) is 25.1 Å². The van der Waals surface area contributed by atoms with Gasteiger partial charge in [0.25, 0.3) is 5.69 Å². The molecule has 0 spiro atoms. The first-order valence-electron chi connectivity index (χ1n) is 6.69. The van der Waals surface area contributed by atoms with Crippen molar-refractivity contribution in [3.05, 3.63) is 58.5 Å². The number of nitrogens with one attached hydrogen (secondary N) is 1. The number of benzene rings is 1. The molecule has 0 aliphatic rings. The highest BCUT2D eigenvalue weighted by molar-refractivity contribution is 7.89. The zero-order valence-electron chi connectivity index (χ0n) is 12.3. The summed E-state index contributed by atoms with van der Waals surface area (Å²) in [6, 6.07) is 8.33. The summed E-state index contributed by atoms with van der Waals surface area (Å²) in [4.78, 5) is 9.72. The standard InChI is InChI=1S/C14H16N2O6S/c1-14(17,9-11-5-4-8-22-11)10-15-23(20,21)13-7-3-2-6-12(13)16(18)19/h2-8,15,17H,9-10H2,1H3. The predicted molar refractivity (Wildman–Crippen MR) is 81.3 cm³/mol. The van der Waals surface area contributed by atoms with E-state index in [1.54, 1.807) is 12.1 Å². The lowest BCUT2D eigenvalue weighted by Gasteiger charge is -2.22. The molecule has 1 heterocycles. The van der Waals surface area contributed by atoms with Crippen molar-refractivity contribution in [3.8, 4) is 0 Å². The molecule has 124 valence electrons. The van der Waals surface area contributed by atoms with E-state index in [0.29, 0.717) is 5.76 Å². The van der Waals surface area contributed by atoms with Crippen molar-refractivity contribution in [1.29, 1.82) is 0 Å². The molecule has 0 saturated heterocycles. The third kappa shape index (κ3) is 4.38. The minimum Gasteiger partial charge on any atom is -0.469 e. The molecule has 1 aromatic carbocycles. The highest BCUT2D eigenvalue weighted by atomic mass is 32.2. The van der Waals surface area contributed by atoms with Gasteiger partial charge in [0.15, 0.2) is 4.90 Å². The number of hydrogen-bond donors (Lipinski definition) is 2. The molecule has 0 radical (unpaired) electrons. The summed E-state index contributed by atoms with van der Waals surface area (Å²) in [6.07, 6.45) is 1.54. The number of nitrogens with zero attached hydrogens (tertiary/aromatic N) is 1. The Morgan fingerprint density at radius 1 is 1.30 bits per heavy atom. The molecule has 0 saturated carbocycles. The molecular formula is C14H16N2O6S. The van der Waals surface area contributed by atoms with Crippen LogP contribution >= 0.6 is 0 Å². The van der Waals surface area contributed by atoms with Crippen LogP contribution in [0.5, 0.6) is 0 Å². The summed E-state index contributed by atoms with van der Waals surface area (Å²) >= 11 is 0. The van der Waals surface area contributed by atoms with Gasteiger partial charge in [-0.15, -0.1) is 0 Å². The molecule has 0 fully saturated rings. The fourth-order valence-corrected chi connectivity index (χ4v) is 3.35. The molecule has 1 aromatic heterocycles. The number of para-hydroxylation sites is 1. The fourth-order valence-electron chi connectivity index (χ4n) is 2.01. The Kier molecular flexibility index (Phi) is 4.83. The van der Waals surface area contributed by atoms with Crippen LogP contribution in [0.25, 0.3) is 0 Å². The first kappa shape index (κ1) is 17.1. The average molecular weight is 340 g/mol. The van der Waals surface area contributed by atoms with Crippen LogP contribution in [0.2, 0.25) is 0 Å². The van der Waals surface area contributed by atoms with Gasteiger partial charge in [-0.3, -0.25) is 10.1 Å². The number of sulfonamides is 1. The quantitative estimate of drug-likeness (QED) is 0.581. The molecule has 8 nitrogen and oxygen atoms in total. The molecule has 2 rings (SSSR count). The van der Waals surface area contributed by atoms with Crippen molar-refractivity contribution in [3.63, 3.8) is 0 Å². The van der Waals surface area contributed by atoms with Gasteiger partial charge in [-0.25, -0.2) is 13.1 Å². The summed E-state index contributed by atoms with van der Waals surface area (Å²) in [5.74, 6) is 0.500. The summed E-state index contributed by atoms with van der Waals surface area (Å²) in [6.45, 7) is 1.12. The van der Waals surface area contributed by atoms with Gasteiger partial charge in [-0.1, -0.05) is 12.1 Å². The maximum atomic E-state index is 12.3. The SMILES string of the molecule is CC(O)(CNS(=O)(=O)c1ccccc1[N+](=O)[O-])Cc1ccco1. The van der Waals surface area contributed by atoms with Crippen LogP contribution in [0.15, 0.2) is 52.0 Å². The van der Waals surface area contributed by atoms with Crippen LogP contribution in [-0.4, -0.2) is 30.6 Å². The molecule has 9 heteroatoms. The molecule has 0 bridgehead atoms. The highest BCUT2D eigenvalue weighted by Gasteiger charge is 2.29. The molecule has 0 amide bonds. The Hall–Kier alpha value is -2.23. The maximum absolute atomic E-state index is 12.3. The first-order chi connectivity index (χ1) is 10.7. The normalized spacial score (nSPS) is 14.3. The predicted octanol–water partition coefficient (Wildman–Crippen LogP) is 1.46. The van der Waals surface area contributed by atoms with Gasteiger partial charge in [0, 0.05) is 19.0 Å². The van der Waals surface area contributed by atoms with Crippen LogP contribution in [0.4, 0.5) is 5.69 Å². The molecular weight excluding hydrogens is 324 g/mol. The van der Waals surface area contributed by atoms with E-state index in [2.05, 4.69) is 4.72 Å². The Morgan fingerprint density at radius 3 is 2.61 bits per heavy atom. The molecule has 2 aromatic rings. The molecule has 0 aliphatic heterocycles. The van der Waals surface area contributed by atoms with Gasteiger partial charge >= 0.3 is 0 Å².